The zero-order chi connectivity index (χ0) is 32.5. The second-order valence-corrected chi connectivity index (χ2v) is 11.0. The van der Waals surface area contributed by atoms with E-state index in [2.05, 4.69) is 26.0 Å². The second kappa shape index (κ2) is 12.3. The lowest BCUT2D eigenvalue weighted by molar-refractivity contribution is 0.0926. The predicted molar refractivity (Wildman–Crippen MR) is 165 cm³/mol. The Morgan fingerprint density at radius 2 is 1.70 bits per heavy atom. The number of fused-ring (bicyclic) bond motifs is 2. The van der Waals surface area contributed by atoms with Crippen molar-refractivity contribution in [3.63, 3.8) is 0 Å². The first-order chi connectivity index (χ1) is 22.1. The molecule has 46 heavy (non-hydrogen) atoms. The van der Waals surface area contributed by atoms with Crippen LogP contribution in [0.4, 0.5) is 14.5 Å². The van der Waals surface area contributed by atoms with E-state index in [0.717, 1.165) is 28.8 Å². The van der Waals surface area contributed by atoms with Crippen LogP contribution in [0.25, 0.3) is 5.65 Å². The Kier molecular flexibility index (Phi) is 8.10. The van der Waals surface area contributed by atoms with Gasteiger partial charge in [-0.25, -0.2) is 18.3 Å². The summed E-state index contributed by atoms with van der Waals surface area (Å²) in [6.07, 6.45) is 2.53. The van der Waals surface area contributed by atoms with Crippen LogP contribution < -0.4 is 16.0 Å². The Morgan fingerprint density at radius 1 is 0.913 bits per heavy atom. The number of halogens is 2. The van der Waals surface area contributed by atoms with Crippen LogP contribution in [0.15, 0.2) is 72.9 Å². The highest BCUT2D eigenvalue weighted by Gasteiger charge is 2.29. The molecule has 232 valence electrons. The van der Waals surface area contributed by atoms with Crippen molar-refractivity contribution in [2.75, 3.05) is 5.32 Å². The lowest BCUT2D eigenvalue weighted by atomic mass is 9.96. The molecular weight excluding hydrogens is 594 g/mol. The van der Waals surface area contributed by atoms with Gasteiger partial charge in [-0.2, -0.15) is 5.10 Å². The molecule has 5 aromatic rings. The third kappa shape index (κ3) is 5.84. The maximum atomic E-state index is 13.8. The number of anilines is 1. The maximum absolute atomic E-state index is 13.8. The number of rotatable bonds is 8. The molecule has 2 aromatic heterocycles. The SMILES string of the molecule is CC(=O)c1ccc2c(c1C)CC[C@@H]2NC(=O)c1cc(C(=O)NCc2ccc(F)c(F)c2)nc2c(C(=O)Nc3ccccc3)cnn12. The van der Waals surface area contributed by atoms with Gasteiger partial charge in [0.05, 0.1) is 12.2 Å². The molecule has 0 unspecified atom stereocenters. The smallest absolute Gasteiger partial charge is 0.270 e. The number of para-hydroxylation sites is 1. The van der Waals surface area contributed by atoms with Crippen LogP contribution in [0, 0.1) is 18.6 Å². The first-order valence-corrected chi connectivity index (χ1v) is 14.5. The summed E-state index contributed by atoms with van der Waals surface area (Å²) in [7, 11) is 0. The number of nitrogens with one attached hydrogen (secondary N) is 3. The van der Waals surface area contributed by atoms with Gasteiger partial charge >= 0.3 is 0 Å². The maximum Gasteiger partial charge on any atom is 0.270 e. The average Bonchev–Trinajstić information content (AvgIpc) is 3.66. The second-order valence-electron chi connectivity index (χ2n) is 11.0. The van der Waals surface area contributed by atoms with Crippen LogP contribution in [-0.2, 0) is 13.0 Å². The van der Waals surface area contributed by atoms with Gasteiger partial charge in [0, 0.05) is 23.9 Å². The van der Waals surface area contributed by atoms with Gasteiger partial charge < -0.3 is 16.0 Å². The van der Waals surface area contributed by atoms with Crippen LogP contribution in [0.2, 0.25) is 0 Å². The molecule has 3 aromatic carbocycles. The molecule has 0 saturated carbocycles. The van der Waals surface area contributed by atoms with Crippen molar-refractivity contribution in [1.29, 1.82) is 0 Å². The van der Waals surface area contributed by atoms with Crippen LogP contribution in [0.3, 0.4) is 0 Å². The van der Waals surface area contributed by atoms with Gasteiger partial charge in [0.1, 0.15) is 17.0 Å². The third-order valence-corrected chi connectivity index (χ3v) is 8.03. The van der Waals surface area contributed by atoms with E-state index in [1.54, 1.807) is 36.4 Å². The minimum atomic E-state index is -1.06. The Balaban J connectivity index is 1.33. The molecule has 12 heteroatoms. The molecule has 3 amide bonds. The van der Waals surface area contributed by atoms with E-state index in [1.807, 2.05) is 13.0 Å². The molecule has 0 saturated heterocycles. The highest BCUT2D eigenvalue weighted by Crippen LogP contribution is 2.35. The number of nitrogens with zero attached hydrogens (tertiary/aromatic N) is 3. The molecule has 6 rings (SSSR count). The highest BCUT2D eigenvalue weighted by atomic mass is 19.2. The van der Waals surface area contributed by atoms with Crippen molar-refractivity contribution < 1.29 is 28.0 Å². The Bertz CT molecular complexity index is 2040. The lowest BCUT2D eigenvalue weighted by Crippen LogP contribution is -2.31. The fourth-order valence-corrected chi connectivity index (χ4v) is 5.69. The van der Waals surface area contributed by atoms with Gasteiger partial charge in [0.2, 0.25) is 0 Å². The molecule has 10 nitrogen and oxygen atoms in total. The monoisotopic (exact) mass is 622 g/mol. The van der Waals surface area contributed by atoms with E-state index in [1.165, 1.54) is 29.8 Å². The predicted octanol–water partition coefficient (Wildman–Crippen LogP) is 5.12. The van der Waals surface area contributed by atoms with Crippen molar-refractivity contribution in [2.24, 2.45) is 0 Å². The summed E-state index contributed by atoms with van der Waals surface area (Å²) in [5, 5.41) is 12.6. The fraction of sp³-hybridized carbons (Fsp3) is 0.176. The Morgan fingerprint density at radius 3 is 2.43 bits per heavy atom. The summed E-state index contributed by atoms with van der Waals surface area (Å²) >= 11 is 0. The fourth-order valence-electron chi connectivity index (χ4n) is 5.69. The summed E-state index contributed by atoms with van der Waals surface area (Å²) in [5.74, 6) is -3.94. The third-order valence-electron chi connectivity index (χ3n) is 8.03. The summed E-state index contributed by atoms with van der Waals surface area (Å²) in [6, 6.07) is 16.5. The molecule has 1 aliphatic carbocycles. The minimum Gasteiger partial charge on any atom is -0.347 e. The zero-order valence-electron chi connectivity index (χ0n) is 24.9. The Labute approximate surface area is 261 Å². The molecule has 0 radical (unpaired) electrons. The molecule has 1 aliphatic rings. The zero-order valence-corrected chi connectivity index (χ0v) is 24.9. The topological polar surface area (TPSA) is 135 Å². The van der Waals surface area contributed by atoms with E-state index in [-0.39, 0.29) is 41.0 Å². The largest absolute Gasteiger partial charge is 0.347 e. The van der Waals surface area contributed by atoms with Crippen LogP contribution in [0.5, 0.6) is 0 Å². The summed E-state index contributed by atoms with van der Waals surface area (Å²) < 4.78 is 28.3. The normalized spacial score (nSPS) is 13.7. The van der Waals surface area contributed by atoms with E-state index >= 15 is 0 Å². The number of aromatic nitrogens is 3. The van der Waals surface area contributed by atoms with Gasteiger partial charge in [0.25, 0.3) is 17.7 Å². The summed E-state index contributed by atoms with van der Waals surface area (Å²) in [4.78, 5) is 56.8. The van der Waals surface area contributed by atoms with E-state index in [0.29, 0.717) is 29.7 Å². The number of carbonyl (C=O) groups excluding carboxylic acids is 4. The van der Waals surface area contributed by atoms with Crippen molar-refractivity contribution in [1.82, 2.24) is 25.2 Å². The van der Waals surface area contributed by atoms with Crippen LogP contribution in [0.1, 0.15) is 83.3 Å². The van der Waals surface area contributed by atoms with Gasteiger partial charge in [-0.05, 0) is 73.2 Å². The molecule has 2 heterocycles. The number of Topliss-reactive ketones (excluding diaryl/α,β-unsaturated/α-hetero) is 1. The quantitative estimate of drug-likeness (QED) is 0.206. The van der Waals surface area contributed by atoms with E-state index in [4.69, 9.17) is 0 Å². The van der Waals surface area contributed by atoms with Crippen molar-refractivity contribution >= 4 is 34.8 Å². The van der Waals surface area contributed by atoms with E-state index in [9.17, 15) is 28.0 Å². The number of amides is 3. The molecule has 0 spiro atoms. The first-order valence-electron chi connectivity index (χ1n) is 14.5. The van der Waals surface area contributed by atoms with E-state index < -0.39 is 29.4 Å². The first kappa shape index (κ1) is 30.3. The lowest BCUT2D eigenvalue weighted by Gasteiger charge is -2.16. The highest BCUT2D eigenvalue weighted by molar-refractivity contribution is 6.09. The van der Waals surface area contributed by atoms with Gasteiger partial charge in [-0.1, -0.05) is 36.4 Å². The molecular formula is C34H28F2N6O4. The molecule has 3 N–H and O–H groups in total. The van der Waals surface area contributed by atoms with Crippen LogP contribution in [-0.4, -0.2) is 38.1 Å². The summed E-state index contributed by atoms with van der Waals surface area (Å²) in [6.45, 7) is 3.26. The Hall–Kier alpha value is -5.78. The van der Waals surface area contributed by atoms with Crippen molar-refractivity contribution in [3.8, 4) is 0 Å². The number of benzene rings is 3. The van der Waals surface area contributed by atoms with Crippen LogP contribution >= 0.6 is 0 Å². The van der Waals surface area contributed by atoms with Gasteiger partial charge in [0.15, 0.2) is 23.1 Å². The number of carbonyl (C=O) groups is 4. The van der Waals surface area contributed by atoms with Crippen molar-refractivity contribution in [2.45, 2.75) is 39.3 Å². The molecule has 0 bridgehead atoms. The standard InChI is InChI=1S/C34H28F2N6O4/c1-18-22(19(2)43)9-10-24-23(18)11-13-28(24)41-34(46)30-15-29(33(45)37-16-20-8-12-26(35)27(36)14-20)40-31-25(17-38-42(30)31)32(44)39-21-6-4-3-5-7-21/h3-10,12,14-15,17,28H,11,13,16H2,1-2H3,(H,37,45)(H,39,44)(H,41,46)/t28-/m0/s1. The van der Waals surface area contributed by atoms with Gasteiger partial charge in [-0.3, -0.25) is 19.2 Å². The number of hydrogen-bond donors (Lipinski definition) is 3. The average molecular weight is 623 g/mol. The number of ketones is 1. The number of hydrogen-bond acceptors (Lipinski definition) is 6. The van der Waals surface area contributed by atoms with Crippen molar-refractivity contribution in [3.05, 3.63) is 129 Å². The molecule has 0 aliphatic heterocycles. The van der Waals surface area contributed by atoms with Gasteiger partial charge in [-0.15, -0.1) is 0 Å². The molecule has 1 atom stereocenters. The summed E-state index contributed by atoms with van der Waals surface area (Å²) in [5.41, 5.74) is 4.00. The minimum absolute atomic E-state index is 0.0201. The molecule has 0 fully saturated rings.